The predicted molar refractivity (Wildman–Crippen MR) is 74.1 cm³/mol. The Hall–Kier alpha value is -1.31. The largest absolute Gasteiger partial charge is 0.464 e. The molecular formula is C13H19NO5S. The Morgan fingerprint density at radius 1 is 1.40 bits per heavy atom. The van der Waals surface area contributed by atoms with Crippen molar-refractivity contribution in [2.45, 2.75) is 32.5 Å². The second kappa shape index (κ2) is 5.23. The van der Waals surface area contributed by atoms with Gasteiger partial charge in [-0.3, -0.25) is 0 Å². The van der Waals surface area contributed by atoms with Crippen LogP contribution in [0.25, 0.3) is 0 Å². The zero-order valence-electron chi connectivity index (χ0n) is 12.0. The van der Waals surface area contributed by atoms with Crippen LogP contribution in [0.5, 0.6) is 11.5 Å². The Bertz CT molecular complexity index is 597. The molecular weight excluding hydrogens is 282 g/mol. The zero-order valence-corrected chi connectivity index (χ0v) is 12.8. The van der Waals surface area contributed by atoms with Gasteiger partial charge in [-0.2, -0.15) is 13.1 Å². The van der Waals surface area contributed by atoms with Crippen molar-refractivity contribution < 1.29 is 22.1 Å². The molecule has 7 heteroatoms. The molecule has 1 aliphatic rings. The molecule has 6 nitrogen and oxygen atoms in total. The Labute approximate surface area is 119 Å². The van der Waals surface area contributed by atoms with Gasteiger partial charge in [-0.25, -0.2) is 0 Å². The molecule has 1 heterocycles. The summed E-state index contributed by atoms with van der Waals surface area (Å²) in [4.78, 5) is 0. The van der Waals surface area contributed by atoms with E-state index in [2.05, 4.69) is 4.72 Å². The van der Waals surface area contributed by atoms with E-state index in [1.54, 1.807) is 18.2 Å². The SMILES string of the molecule is CCOC1Oc2ccc(OS(=O)(=O)NC)cc2C1(C)C. The summed E-state index contributed by atoms with van der Waals surface area (Å²) in [5.41, 5.74) is 0.480. The summed E-state index contributed by atoms with van der Waals surface area (Å²) in [6, 6.07) is 4.91. The number of nitrogens with one attached hydrogen (secondary N) is 1. The highest BCUT2D eigenvalue weighted by molar-refractivity contribution is 7.85. The molecule has 0 amide bonds. The molecule has 1 aromatic rings. The summed E-state index contributed by atoms with van der Waals surface area (Å²) in [5.74, 6) is 0.926. The minimum Gasteiger partial charge on any atom is -0.464 e. The lowest BCUT2D eigenvalue weighted by molar-refractivity contribution is -0.0981. The minimum atomic E-state index is -3.77. The average molecular weight is 301 g/mol. The van der Waals surface area contributed by atoms with E-state index in [1.165, 1.54) is 7.05 Å². The van der Waals surface area contributed by atoms with E-state index in [0.29, 0.717) is 12.4 Å². The van der Waals surface area contributed by atoms with Gasteiger partial charge in [-0.15, -0.1) is 0 Å². The van der Waals surface area contributed by atoms with Crippen molar-refractivity contribution >= 4 is 10.3 Å². The van der Waals surface area contributed by atoms with Crippen molar-refractivity contribution in [1.29, 1.82) is 0 Å². The number of benzene rings is 1. The summed E-state index contributed by atoms with van der Waals surface area (Å²) in [6.07, 6.45) is -0.390. The van der Waals surface area contributed by atoms with E-state index < -0.39 is 16.6 Å². The van der Waals surface area contributed by atoms with Crippen LogP contribution in [0.15, 0.2) is 18.2 Å². The van der Waals surface area contributed by atoms with Gasteiger partial charge in [0, 0.05) is 19.2 Å². The van der Waals surface area contributed by atoms with Crippen molar-refractivity contribution in [3.8, 4) is 11.5 Å². The molecule has 2 rings (SSSR count). The van der Waals surface area contributed by atoms with Crippen LogP contribution < -0.4 is 13.6 Å². The van der Waals surface area contributed by atoms with E-state index in [-0.39, 0.29) is 11.2 Å². The molecule has 0 radical (unpaired) electrons. The number of hydrogen-bond acceptors (Lipinski definition) is 5. The van der Waals surface area contributed by atoms with Gasteiger partial charge in [0.05, 0.1) is 5.41 Å². The van der Waals surface area contributed by atoms with Gasteiger partial charge >= 0.3 is 10.3 Å². The van der Waals surface area contributed by atoms with E-state index in [0.717, 1.165) is 5.56 Å². The monoisotopic (exact) mass is 301 g/mol. The van der Waals surface area contributed by atoms with Crippen LogP contribution >= 0.6 is 0 Å². The molecule has 0 aliphatic carbocycles. The average Bonchev–Trinajstić information content (AvgIpc) is 2.62. The van der Waals surface area contributed by atoms with Crippen molar-refractivity contribution in [1.82, 2.24) is 4.72 Å². The lowest BCUT2D eigenvalue weighted by Gasteiger charge is -2.25. The Morgan fingerprint density at radius 3 is 2.70 bits per heavy atom. The van der Waals surface area contributed by atoms with Crippen LogP contribution in [0.1, 0.15) is 26.3 Å². The summed E-state index contributed by atoms with van der Waals surface area (Å²) in [5, 5.41) is 0. The lowest BCUT2D eigenvalue weighted by atomic mass is 9.85. The summed E-state index contributed by atoms with van der Waals surface area (Å²) in [7, 11) is -2.48. The van der Waals surface area contributed by atoms with E-state index >= 15 is 0 Å². The van der Waals surface area contributed by atoms with Gasteiger partial charge in [0.2, 0.25) is 6.29 Å². The van der Waals surface area contributed by atoms with Gasteiger partial charge in [-0.05, 0) is 39.0 Å². The third kappa shape index (κ3) is 2.74. The van der Waals surface area contributed by atoms with Crippen molar-refractivity contribution in [2.24, 2.45) is 0 Å². The fourth-order valence-electron chi connectivity index (χ4n) is 2.12. The zero-order chi connectivity index (χ0) is 15.0. The number of fused-ring (bicyclic) bond motifs is 1. The Balaban J connectivity index is 2.32. The molecule has 0 fully saturated rings. The molecule has 1 N–H and O–H groups in total. The topological polar surface area (TPSA) is 73.9 Å². The molecule has 0 saturated carbocycles. The van der Waals surface area contributed by atoms with Crippen LogP contribution in [0, 0.1) is 0 Å². The molecule has 1 aliphatic heterocycles. The normalized spacial score (nSPS) is 20.3. The van der Waals surface area contributed by atoms with Gasteiger partial charge in [0.15, 0.2) is 0 Å². The molecule has 1 unspecified atom stereocenters. The molecule has 0 saturated heterocycles. The third-order valence-corrected chi connectivity index (χ3v) is 4.15. The Morgan fingerprint density at radius 2 is 2.10 bits per heavy atom. The molecule has 0 spiro atoms. The minimum absolute atomic E-state index is 0.243. The Kier molecular flexibility index (Phi) is 3.95. The molecule has 1 aromatic carbocycles. The number of ether oxygens (including phenoxy) is 2. The highest BCUT2D eigenvalue weighted by Gasteiger charge is 2.42. The van der Waals surface area contributed by atoms with Crippen LogP contribution in [-0.2, 0) is 20.5 Å². The molecule has 112 valence electrons. The highest BCUT2D eigenvalue weighted by atomic mass is 32.2. The first kappa shape index (κ1) is 15.1. The lowest BCUT2D eigenvalue weighted by Crippen LogP contribution is -2.34. The quantitative estimate of drug-likeness (QED) is 0.893. The van der Waals surface area contributed by atoms with Crippen molar-refractivity contribution in [3.05, 3.63) is 23.8 Å². The molecule has 1 atom stereocenters. The maximum atomic E-state index is 11.4. The summed E-state index contributed by atoms with van der Waals surface area (Å²) in [6.45, 7) is 6.40. The predicted octanol–water partition coefficient (Wildman–Crippen LogP) is 1.56. The third-order valence-electron chi connectivity index (χ3n) is 3.24. The second-order valence-electron chi connectivity index (χ2n) is 5.03. The summed E-state index contributed by atoms with van der Waals surface area (Å²) >= 11 is 0. The van der Waals surface area contributed by atoms with Crippen LogP contribution in [0.2, 0.25) is 0 Å². The van der Waals surface area contributed by atoms with Gasteiger partial charge in [0.25, 0.3) is 0 Å². The first-order valence-electron chi connectivity index (χ1n) is 6.36. The smallest absolute Gasteiger partial charge is 0.382 e. The van der Waals surface area contributed by atoms with E-state index in [9.17, 15) is 8.42 Å². The fourth-order valence-corrected chi connectivity index (χ4v) is 2.56. The van der Waals surface area contributed by atoms with Crippen molar-refractivity contribution in [3.63, 3.8) is 0 Å². The van der Waals surface area contributed by atoms with E-state index in [1.807, 2.05) is 20.8 Å². The first-order chi connectivity index (χ1) is 9.30. The van der Waals surface area contributed by atoms with Crippen molar-refractivity contribution in [2.75, 3.05) is 13.7 Å². The van der Waals surface area contributed by atoms with Gasteiger partial charge < -0.3 is 13.7 Å². The van der Waals surface area contributed by atoms with Crippen LogP contribution in [-0.4, -0.2) is 28.4 Å². The highest BCUT2D eigenvalue weighted by Crippen LogP contribution is 2.44. The first-order valence-corrected chi connectivity index (χ1v) is 7.76. The number of rotatable bonds is 5. The number of hydrogen-bond donors (Lipinski definition) is 1. The van der Waals surface area contributed by atoms with Gasteiger partial charge in [0.1, 0.15) is 11.5 Å². The van der Waals surface area contributed by atoms with E-state index in [4.69, 9.17) is 13.7 Å². The van der Waals surface area contributed by atoms with Crippen LogP contribution in [0.4, 0.5) is 0 Å². The molecule has 0 bridgehead atoms. The van der Waals surface area contributed by atoms with Crippen LogP contribution in [0.3, 0.4) is 0 Å². The standard InChI is InChI=1S/C13H19NO5S/c1-5-17-12-13(2,3)10-8-9(6-7-11(10)18-12)19-20(15,16)14-4/h6-8,12,14H,5H2,1-4H3. The molecule has 0 aromatic heterocycles. The summed E-state index contributed by atoms with van der Waals surface area (Å²) < 4.78 is 41.1. The maximum absolute atomic E-state index is 11.4. The fraction of sp³-hybridized carbons (Fsp3) is 0.538. The van der Waals surface area contributed by atoms with Gasteiger partial charge in [-0.1, -0.05) is 0 Å². The second-order valence-corrected chi connectivity index (χ2v) is 6.51. The maximum Gasteiger partial charge on any atom is 0.382 e. The molecule has 20 heavy (non-hydrogen) atoms.